The molecule has 69 heavy (non-hydrogen) atoms. The fourth-order valence-corrected chi connectivity index (χ4v) is 4.87. The minimum Gasteiger partial charge on any atom is -0.497 e. The maximum absolute atomic E-state index is 10.5. The molecule has 0 spiro atoms. The molecule has 0 aliphatic heterocycles. The van der Waals surface area contributed by atoms with E-state index in [-0.39, 0.29) is 74.0 Å². The number of rotatable bonds is 22. The van der Waals surface area contributed by atoms with Gasteiger partial charge in [0.1, 0.15) is 17.8 Å². The van der Waals surface area contributed by atoms with Gasteiger partial charge >= 0.3 is 29.6 Å². The number of ether oxygens (including phenoxy) is 6. The van der Waals surface area contributed by atoms with Crippen LogP contribution in [0.3, 0.4) is 0 Å². The maximum atomic E-state index is 10.5. The van der Waals surface area contributed by atoms with Crippen LogP contribution in [0.4, 0.5) is 4.39 Å². The number of aryl methyl sites for hydroxylation is 1. The first-order chi connectivity index (χ1) is 33.2. The standard InChI is InChI=1S/C12H16Cl2O3.C12H16N6O3.C8H8O2.C7H8O3S.C2H5ClO.CH3F.N3.Na/c1-15-11-4-2-10(3-5-11)12(16-8-6-13)17-9-7-14;1-19-11-4-2-10(3-5-11)12(20-8-6-15-17-13)21-9-7-16-18-14;9-5-7-1-2-8(6-10)4-3-7;1-6-2-4-7(5-3-6)11(8,9)10;3-1-2-4;1-2;1-3-2;/h2-5,12H,6-9H2,1H3;2-5,12H,6-9H2,1H3;1-5,10H,6H2;2-5H,1H3,(H,8,9,10);4H,1-2H2;1H3;;/q;;;;;;-1;+1/i;;;;;1D;;. The van der Waals surface area contributed by atoms with E-state index in [2.05, 4.69) is 20.1 Å². The van der Waals surface area contributed by atoms with Crippen LogP contribution in [0.1, 0.15) is 46.6 Å². The Hall–Kier alpha value is -4.45. The zero-order valence-corrected chi connectivity index (χ0v) is 43.5. The van der Waals surface area contributed by atoms with Crippen molar-refractivity contribution >= 4 is 51.2 Å². The van der Waals surface area contributed by atoms with Gasteiger partial charge in [0.05, 0.1) is 67.3 Å². The summed E-state index contributed by atoms with van der Waals surface area (Å²) < 4.78 is 77.3. The molecule has 4 rings (SSSR count). The second-order valence-corrected chi connectivity index (χ2v) is 14.3. The van der Waals surface area contributed by atoms with Crippen molar-refractivity contribution in [2.24, 2.45) is 10.2 Å². The molecule has 0 amide bonds. The predicted octanol–water partition coefficient (Wildman–Crippen LogP) is 7.46. The largest absolute Gasteiger partial charge is 1.00 e. The van der Waals surface area contributed by atoms with Gasteiger partial charge in [0, 0.05) is 57.2 Å². The number of hydrogen-bond donors (Lipinski definition) is 3. The molecule has 0 aromatic heterocycles. The Morgan fingerprint density at radius 2 is 1.06 bits per heavy atom. The molecule has 0 atom stereocenters. The summed E-state index contributed by atoms with van der Waals surface area (Å²) in [5.41, 5.74) is 34.1. The number of carbonyl (C=O) groups excluding carboxylic acids is 1. The van der Waals surface area contributed by atoms with E-state index in [0.29, 0.717) is 36.4 Å². The summed E-state index contributed by atoms with van der Waals surface area (Å²) in [6.07, 6.45) is -0.279. The number of azide groups is 2. The summed E-state index contributed by atoms with van der Waals surface area (Å²) in [6.45, 7) is 3.69. The monoisotopic (exact) mass is 1060 g/mol. The molecule has 4 aromatic carbocycles. The van der Waals surface area contributed by atoms with Crippen molar-refractivity contribution in [3.63, 3.8) is 0 Å². The molecule has 0 saturated carbocycles. The molecule has 0 bridgehead atoms. The molecule has 27 heteroatoms. The third kappa shape index (κ3) is 39.0. The van der Waals surface area contributed by atoms with Gasteiger partial charge in [-0.05, 0) is 59.9 Å². The molecule has 0 saturated heterocycles. The van der Waals surface area contributed by atoms with Gasteiger partial charge < -0.3 is 49.7 Å². The maximum Gasteiger partial charge on any atom is 1.00 e. The first-order valence-electron chi connectivity index (χ1n) is 20.0. The number of halogens is 4. The molecule has 0 heterocycles. The van der Waals surface area contributed by atoms with Crippen LogP contribution in [-0.2, 0) is 35.7 Å². The first-order valence-corrected chi connectivity index (χ1v) is 22.4. The third-order valence-corrected chi connectivity index (χ3v) is 8.56. The summed E-state index contributed by atoms with van der Waals surface area (Å²) in [5.74, 6) is 2.72. The number of carbonyl (C=O) groups is 1. The van der Waals surface area contributed by atoms with E-state index < -0.39 is 29.9 Å². The average Bonchev–Trinajstić information content (AvgIpc) is 3.37. The van der Waals surface area contributed by atoms with Crippen molar-refractivity contribution in [1.29, 1.82) is 0 Å². The number of alkyl halides is 4. The van der Waals surface area contributed by atoms with Crippen LogP contribution >= 0.6 is 34.8 Å². The van der Waals surface area contributed by atoms with E-state index in [1.54, 1.807) is 62.8 Å². The molecule has 0 aliphatic rings. The van der Waals surface area contributed by atoms with E-state index in [1.807, 2.05) is 43.3 Å². The summed E-state index contributed by atoms with van der Waals surface area (Å²) in [6, 6.07) is 27.5. The van der Waals surface area contributed by atoms with Crippen LogP contribution < -0.4 is 39.0 Å². The Morgan fingerprint density at radius 1 is 0.696 bits per heavy atom. The number of hydrogen-bond acceptors (Lipinski definition) is 13. The van der Waals surface area contributed by atoms with Gasteiger partial charge in [0.2, 0.25) is 0 Å². The Bertz CT molecular complexity index is 2090. The van der Waals surface area contributed by atoms with Crippen molar-refractivity contribution in [3.8, 4) is 11.5 Å². The van der Waals surface area contributed by atoms with E-state index in [9.17, 15) is 17.6 Å². The number of aliphatic hydroxyl groups is 2. The van der Waals surface area contributed by atoms with Crippen LogP contribution in [0.5, 0.6) is 11.5 Å². The Morgan fingerprint density at radius 3 is 1.33 bits per heavy atom. The fourth-order valence-electron chi connectivity index (χ4n) is 4.21. The van der Waals surface area contributed by atoms with Crippen LogP contribution in [0.25, 0.3) is 36.9 Å². The number of aliphatic hydroxyl groups excluding tert-OH is 2. The zero-order chi connectivity index (χ0) is 52.6. The van der Waals surface area contributed by atoms with Crippen LogP contribution in [-0.4, -0.2) is 115 Å². The van der Waals surface area contributed by atoms with Gasteiger partial charge in [-0.15, -0.1) is 34.8 Å². The minimum absolute atomic E-state index is 0. The molecule has 0 radical (unpaired) electrons. The van der Waals surface area contributed by atoms with Crippen molar-refractivity contribution in [1.82, 2.24) is 0 Å². The van der Waals surface area contributed by atoms with Crippen molar-refractivity contribution in [2.75, 3.05) is 85.1 Å². The van der Waals surface area contributed by atoms with Gasteiger partial charge in [0.25, 0.3) is 10.1 Å². The smallest absolute Gasteiger partial charge is 0.497 e. The van der Waals surface area contributed by atoms with E-state index in [0.717, 1.165) is 40.0 Å². The molecule has 0 aliphatic carbocycles. The normalized spacial score (nSPS) is 10.0. The van der Waals surface area contributed by atoms with Crippen molar-refractivity contribution in [3.05, 3.63) is 162 Å². The van der Waals surface area contributed by atoms with E-state index >= 15 is 0 Å². The molecule has 4 aromatic rings. The molecular formula is C42H56Cl3FN9NaO12S. The van der Waals surface area contributed by atoms with E-state index in [1.165, 1.54) is 17.0 Å². The first kappa shape index (κ1) is 68.8. The molecular weight excluding hydrogens is 1000 g/mol. The third-order valence-electron chi connectivity index (χ3n) is 7.22. The van der Waals surface area contributed by atoms with Crippen LogP contribution in [0, 0.1) is 6.92 Å². The summed E-state index contributed by atoms with van der Waals surface area (Å²) >= 11 is 16.1. The molecule has 0 fully saturated rings. The Labute approximate surface area is 439 Å². The topological polar surface area (TPSA) is 324 Å². The van der Waals surface area contributed by atoms with Crippen molar-refractivity contribution < 1.29 is 91.7 Å². The van der Waals surface area contributed by atoms with Gasteiger partial charge in [-0.25, -0.2) is 0 Å². The second kappa shape index (κ2) is 50.0. The number of aldehydes is 1. The number of nitrogens with zero attached hydrogens (tertiary/aromatic N) is 9. The number of methoxy groups -OCH3 is 2. The molecule has 3 N–H and O–H groups in total. The number of benzene rings is 4. The quantitative estimate of drug-likeness (QED) is 0.00795. The molecule has 376 valence electrons. The zero-order valence-electron chi connectivity index (χ0n) is 39.4. The minimum atomic E-state index is -4.02. The SMILES string of the molecule is COc1ccc(C(OCCCl)OCCCl)cc1.COc1ccc(C(OCCN=[N+]=[N-])OCCN=[N+]=[N-])cc1.Cc1ccc(S(=O)(=O)O)cc1.O=Cc1ccc(CO)cc1.OCCCl.[2H]CF.[N-]=[N+]=[N-].[Na+]. The summed E-state index contributed by atoms with van der Waals surface area (Å²) in [4.78, 5) is 16.9. The fraction of sp³-hybridized carbons (Fsp3) is 0.405. The Kier molecular flexibility index (Phi) is 49.8. The van der Waals surface area contributed by atoms with Gasteiger partial charge in [0.15, 0.2) is 12.6 Å². The molecule has 0 unspecified atom stereocenters. The predicted molar refractivity (Wildman–Crippen MR) is 258 cm³/mol. The van der Waals surface area contributed by atoms with Crippen LogP contribution in [0.15, 0.2) is 112 Å². The molecule has 21 nitrogen and oxygen atoms in total. The summed E-state index contributed by atoms with van der Waals surface area (Å²) in [5, 5.41) is 23.1. The van der Waals surface area contributed by atoms with E-state index in [4.69, 9.17) is 101 Å². The van der Waals surface area contributed by atoms with Gasteiger partial charge in [-0.2, -0.15) is 8.42 Å². The van der Waals surface area contributed by atoms with Crippen LogP contribution in [0.2, 0.25) is 0 Å². The Balaban J connectivity index is -0.000000399. The summed E-state index contributed by atoms with van der Waals surface area (Å²) in [7, 11) is -1.81. The van der Waals surface area contributed by atoms with Crippen molar-refractivity contribution in [2.45, 2.75) is 31.0 Å². The second-order valence-electron chi connectivity index (χ2n) is 11.8. The van der Waals surface area contributed by atoms with Gasteiger partial charge in [-0.1, -0.05) is 76.5 Å². The van der Waals surface area contributed by atoms with Gasteiger partial charge in [-0.3, -0.25) is 18.6 Å². The average molecular weight is 1060 g/mol.